The summed E-state index contributed by atoms with van der Waals surface area (Å²) in [6.45, 7) is 4.30. The molecule has 0 radical (unpaired) electrons. The van der Waals surface area contributed by atoms with Gasteiger partial charge in [0.25, 0.3) is 0 Å². The topological polar surface area (TPSA) is 63.4 Å². The van der Waals surface area contributed by atoms with Gasteiger partial charge in [-0.2, -0.15) is 4.31 Å². The molecule has 6 heteroatoms. The molecular formula is C14H21FN2O2S. The zero-order valence-corrected chi connectivity index (χ0v) is 12.7. The molecule has 1 aliphatic heterocycles. The van der Waals surface area contributed by atoms with Crippen molar-refractivity contribution in [1.29, 1.82) is 0 Å². The Morgan fingerprint density at radius 3 is 2.75 bits per heavy atom. The molecule has 4 nitrogen and oxygen atoms in total. The van der Waals surface area contributed by atoms with E-state index in [0.717, 1.165) is 12.8 Å². The Balaban J connectivity index is 2.35. The molecule has 1 aromatic carbocycles. The molecule has 0 aromatic heterocycles. The minimum Gasteiger partial charge on any atom is -0.328 e. The fraction of sp³-hybridized carbons (Fsp3) is 0.571. The molecule has 2 atom stereocenters. The summed E-state index contributed by atoms with van der Waals surface area (Å²) < 4.78 is 40.6. The molecule has 0 spiro atoms. The lowest BCUT2D eigenvalue weighted by molar-refractivity contribution is 0.242. The van der Waals surface area contributed by atoms with Gasteiger partial charge >= 0.3 is 0 Å². The zero-order chi connectivity index (χ0) is 14.9. The zero-order valence-electron chi connectivity index (χ0n) is 11.8. The lowest BCUT2D eigenvalue weighted by Crippen LogP contribution is -2.45. The number of nitrogens with two attached hydrogens (primary N) is 1. The molecule has 1 fully saturated rings. The number of hydrogen-bond acceptors (Lipinski definition) is 3. The molecule has 1 aromatic rings. The highest BCUT2D eigenvalue weighted by Gasteiger charge is 2.33. The fourth-order valence-electron chi connectivity index (χ4n) is 2.69. The van der Waals surface area contributed by atoms with E-state index in [1.807, 2.05) is 6.92 Å². The number of aryl methyl sites for hydroxylation is 1. The number of hydrogen-bond donors (Lipinski definition) is 1. The first-order valence-corrected chi connectivity index (χ1v) is 8.29. The van der Waals surface area contributed by atoms with Crippen LogP contribution in [0.4, 0.5) is 4.39 Å². The van der Waals surface area contributed by atoms with Crippen LogP contribution in [0.1, 0.15) is 25.3 Å². The minimum atomic E-state index is -3.79. The van der Waals surface area contributed by atoms with Gasteiger partial charge in [0, 0.05) is 19.1 Å². The maximum atomic E-state index is 13.9. The Hall–Kier alpha value is -0.980. The van der Waals surface area contributed by atoms with E-state index in [-0.39, 0.29) is 16.9 Å². The van der Waals surface area contributed by atoms with E-state index in [1.165, 1.54) is 16.4 Å². The quantitative estimate of drug-likeness (QED) is 0.927. The molecule has 2 N–H and O–H groups in total. The van der Waals surface area contributed by atoms with Crippen LogP contribution in [0.25, 0.3) is 0 Å². The summed E-state index contributed by atoms with van der Waals surface area (Å²) >= 11 is 0. The van der Waals surface area contributed by atoms with Crippen molar-refractivity contribution in [2.45, 2.75) is 37.6 Å². The molecule has 0 unspecified atom stereocenters. The van der Waals surface area contributed by atoms with Gasteiger partial charge in [-0.3, -0.25) is 0 Å². The highest BCUT2D eigenvalue weighted by atomic mass is 32.2. The summed E-state index contributed by atoms with van der Waals surface area (Å²) in [7, 11) is -3.79. The summed E-state index contributed by atoms with van der Waals surface area (Å²) in [6, 6.07) is 4.26. The number of benzene rings is 1. The molecule has 1 aliphatic rings. The number of halogens is 1. The van der Waals surface area contributed by atoms with Gasteiger partial charge in [-0.15, -0.1) is 0 Å². The van der Waals surface area contributed by atoms with Crippen LogP contribution in [0, 0.1) is 18.7 Å². The van der Waals surface area contributed by atoms with Crippen molar-refractivity contribution >= 4 is 10.0 Å². The summed E-state index contributed by atoms with van der Waals surface area (Å²) in [5, 5.41) is 0. The molecule has 1 saturated heterocycles. The summed E-state index contributed by atoms with van der Waals surface area (Å²) in [4.78, 5) is -0.203. The number of sulfonamides is 1. The van der Waals surface area contributed by atoms with Crippen molar-refractivity contribution in [3.63, 3.8) is 0 Å². The van der Waals surface area contributed by atoms with Gasteiger partial charge in [-0.05, 0) is 44.2 Å². The third-order valence-corrected chi connectivity index (χ3v) is 5.97. The van der Waals surface area contributed by atoms with E-state index in [9.17, 15) is 12.8 Å². The van der Waals surface area contributed by atoms with Crippen LogP contribution in [-0.4, -0.2) is 31.9 Å². The van der Waals surface area contributed by atoms with Crippen molar-refractivity contribution in [1.82, 2.24) is 4.31 Å². The SMILES string of the molecule is Cc1cccc(F)c1S(=O)(=O)N1CCC[C@H]([C@H](C)N)C1. The second kappa shape index (κ2) is 5.79. The summed E-state index contributed by atoms with van der Waals surface area (Å²) in [6.07, 6.45) is 1.68. The first-order chi connectivity index (χ1) is 9.34. The average Bonchev–Trinajstić information content (AvgIpc) is 2.38. The van der Waals surface area contributed by atoms with Gasteiger partial charge in [0.2, 0.25) is 10.0 Å². The second-order valence-electron chi connectivity index (χ2n) is 5.51. The van der Waals surface area contributed by atoms with Crippen molar-refractivity contribution < 1.29 is 12.8 Å². The molecule has 0 bridgehead atoms. The molecule has 20 heavy (non-hydrogen) atoms. The predicted molar refractivity (Wildman–Crippen MR) is 76.3 cm³/mol. The normalized spacial score (nSPS) is 22.7. The second-order valence-corrected chi connectivity index (χ2v) is 7.39. The number of nitrogens with zero attached hydrogens (tertiary/aromatic N) is 1. The smallest absolute Gasteiger partial charge is 0.246 e. The van der Waals surface area contributed by atoms with Crippen LogP contribution < -0.4 is 5.73 Å². The van der Waals surface area contributed by atoms with Crippen LogP contribution in [0.15, 0.2) is 23.1 Å². The van der Waals surface area contributed by atoms with Crippen LogP contribution >= 0.6 is 0 Å². The Kier molecular flexibility index (Phi) is 4.46. The van der Waals surface area contributed by atoms with Crippen molar-refractivity contribution in [3.8, 4) is 0 Å². The minimum absolute atomic E-state index is 0.0604. The van der Waals surface area contributed by atoms with Crippen molar-refractivity contribution in [2.75, 3.05) is 13.1 Å². The molecule has 1 heterocycles. The van der Waals surface area contributed by atoms with Gasteiger partial charge in [0.15, 0.2) is 0 Å². The van der Waals surface area contributed by atoms with E-state index >= 15 is 0 Å². The third kappa shape index (κ3) is 2.87. The van der Waals surface area contributed by atoms with E-state index in [2.05, 4.69) is 0 Å². The standard InChI is InChI=1S/C14H21FN2O2S/c1-10-5-3-7-13(15)14(10)20(18,19)17-8-4-6-12(9-17)11(2)16/h3,5,7,11-12H,4,6,8-9,16H2,1-2H3/t11-,12-/m0/s1. The van der Waals surface area contributed by atoms with Crippen LogP contribution in [-0.2, 0) is 10.0 Å². The highest BCUT2D eigenvalue weighted by Crippen LogP contribution is 2.28. The molecule has 112 valence electrons. The van der Waals surface area contributed by atoms with Crippen LogP contribution in [0.3, 0.4) is 0 Å². The molecule has 0 saturated carbocycles. The van der Waals surface area contributed by atoms with Gasteiger partial charge < -0.3 is 5.73 Å². The fourth-order valence-corrected chi connectivity index (χ4v) is 4.50. The van der Waals surface area contributed by atoms with Gasteiger partial charge in [-0.25, -0.2) is 12.8 Å². The predicted octanol–water partition coefficient (Wildman–Crippen LogP) is 1.88. The number of rotatable bonds is 3. The lowest BCUT2D eigenvalue weighted by atomic mass is 9.93. The largest absolute Gasteiger partial charge is 0.328 e. The Bertz CT molecular complexity index is 567. The van der Waals surface area contributed by atoms with E-state index < -0.39 is 15.8 Å². The Labute approximate surface area is 119 Å². The molecule has 0 amide bonds. The average molecular weight is 300 g/mol. The highest BCUT2D eigenvalue weighted by molar-refractivity contribution is 7.89. The summed E-state index contributed by atoms with van der Waals surface area (Å²) in [5.74, 6) is -0.557. The molecule has 2 rings (SSSR count). The third-order valence-electron chi connectivity index (χ3n) is 3.93. The number of piperidine rings is 1. The van der Waals surface area contributed by atoms with E-state index in [1.54, 1.807) is 13.0 Å². The maximum absolute atomic E-state index is 13.9. The first kappa shape index (κ1) is 15.4. The van der Waals surface area contributed by atoms with Gasteiger partial charge in [0.1, 0.15) is 10.7 Å². The molecule has 0 aliphatic carbocycles. The van der Waals surface area contributed by atoms with Crippen molar-refractivity contribution in [3.05, 3.63) is 29.6 Å². The van der Waals surface area contributed by atoms with Crippen LogP contribution in [0.2, 0.25) is 0 Å². The van der Waals surface area contributed by atoms with Crippen LogP contribution in [0.5, 0.6) is 0 Å². The van der Waals surface area contributed by atoms with Crippen molar-refractivity contribution in [2.24, 2.45) is 11.7 Å². The monoisotopic (exact) mass is 300 g/mol. The van der Waals surface area contributed by atoms with Gasteiger partial charge in [0.05, 0.1) is 0 Å². The van der Waals surface area contributed by atoms with Gasteiger partial charge in [-0.1, -0.05) is 12.1 Å². The lowest BCUT2D eigenvalue weighted by Gasteiger charge is -2.34. The van der Waals surface area contributed by atoms with E-state index in [4.69, 9.17) is 5.73 Å². The first-order valence-electron chi connectivity index (χ1n) is 6.85. The summed E-state index contributed by atoms with van der Waals surface area (Å²) in [5.41, 5.74) is 6.31. The molecular weight excluding hydrogens is 279 g/mol. The van der Waals surface area contributed by atoms with E-state index in [0.29, 0.717) is 18.7 Å². The Morgan fingerprint density at radius 1 is 1.45 bits per heavy atom. The maximum Gasteiger partial charge on any atom is 0.246 e. The Morgan fingerprint density at radius 2 is 2.15 bits per heavy atom.